The van der Waals surface area contributed by atoms with E-state index in [2.05, 4.69) is 16.0 Å². The molecule has 0 aromatic heterocycles. The van der Waals surface area contributed by atoms with Gasteiger partial charge in [-0.05, 0) is 68.4 Å². The summed E-state index contributed by atoms with van der Waals surface area (Å²) in [7, 11) is 3.19. The fraction of sp³-hybridized carbons (Fsp3) is 0.273. The van der Waals surface area contributed by atoms with Gasteiger partial charge in [0.15, 0.2) is 5.11 Å². The molecule has 2 aromatic rings. The van der Waals surface area contributed by atoms with Crippen molar-refractivity contribution in [2.24, 2.45) is 0 Å². The van der Waals surface area contributed by atoms with Gasteiger partial charge in [0.1, 0.15) is 11.5 Å². The summed E-state index contributed by atoms with van der Waals surface area (Å²) in [6.07, 6.45) is 0. The Morgan fingerprint density at radius 3 is 2.55 bits per heavy atom. The molecular weight excluding hydrogens is 386 g/mol. The molecule has 7 heteroatoms. The molecule has 0 spiro atoms. The third-order valence-electron chi connectivity index (χ3n) is 5.11. The highest BCUT2D eigenvalue weighted by Crippen LogP contribution is 2.36. The van der Waals surface area contributed by atoms with Gasteiger partial charge in [-0.3, -0.25) is 4.79 Å². The molecule has 1 aliphatic rings. The molecule has 1 heterocycles. The van der Waals surface area contributed by atoms with Gasteiger partial charge in [-0.25, -0.2) is 0 Å². The van der Waals surface area contributed by atoms with Gasteiger partial charge in [0.25, 0.3) is 5.91 Å². The minimum absolute atomic E-state index is 0.214. The number of anilines is 1. The lowest BCUT2D eigenvalue weighted by Gasteiger charge is -2.31. The van der Waals surface area contributed by atoms with E-state index in [1.165, 1.54) is 0 Å². The van der Waals surface area contributed by atoms with E-state index in [1.807, 2.05) is 57.2 Å². The van der Waals surface area contributed by atoms with Crippen LogP contribution in [0, 0.1) is 13.8 Å². The number of hydrogen-bond acceptors (Lipinski definition) is 4. The van der Waals surface area contributed by atoms with Crippen molar-refractivity contribution in [1.82, 2.24) is 10.6 Å². The predicted octanol–water partition coefficient (Wildman–Crippen LogP) is 3.75. The number of carbonyl (C=O) groups excluding carboxylic acids is 1. The van der Waals surface area contributed by atoms with Crippen molar-refractivity contribution in [3.63, 3.8) is 0 Å². The van der Waals surface area contributed by atoms with Crippen LogP contribution in [0.15, 0.2) is 47.7 Å². The van der Waals surface area contributed by atoms with E-state index >= 15 is 0 Å². The van der Waals surface area contributed by atoms with E-state index in [4.69, 9.17) is 21.7 Å². The summed E-state index contributed by atoms with van der Waals surface area (Å²) in [5.41, 5.74) is 4.90. The first-order valence-corrected chi connectivity index (χ1v) is 9.64. The van der Waals surface area contributed by atoms with Crippen LogP contribution in [0.3, 0.4) is 0 Å². The number of allylic oxidation sites excluding steroid dienone is 1. The lowest BCUT2D eigenvalue weighted by atomic mass is 9.93. The first-order valence-electron chi connectivity index (χ1n) is 9.23. The van der Waals surface area contributed by atoms with Crippen molar-refractivity contribution < 1.29 is 14.3 Å². The van der Waals surface area contributed by atoms with Crippen LogP contribution in [0.5, 0.6) is 11.5 Å². The molecule has 0 saturated carbocycles. The van der Waals surface area contributed by atoms with Crippen LogP contribution in [0.4, 0.5) is 5.69 Å². The molecule has 0 fully saturated rings. The molecule has 152 valence electrons. The first kappa shape index (κ1) is 20.7. The van der Waals surface area contributed by atoms with E-state index < -0.39 is 6.04 Å². The third kappa shape index (κ3) is 4.19. The standard InChI is InChI=1S/C22H25N3O3S/c1-12-7-6-8-17(13(12)2)24-21(26)19-14(3)23-22(29)25-20(19)16-11-15(27-4)9-10-18(16)28-5/h6-11,20H,1-5H3,(H,24,26)(H2,23,25,29)/t20-/m1/s1. The molecule has 6 nitrogen and oxygen atoms in total. The Hall–Kier alpha value is -3.06. The predicted molar refractivity (Wildman–Crippen MR) is 118 cm³/mol. The van der Waals surface area contributed by atoms with E-state index in [-0.39, 0.29) is 5.91 Å². The molecule has 0 radical (unpaired) electrons. The van der Waals surface area contributed by atoms with Gasteiger partial charge in [-0.15, -0.1) is 0 Å². The van der Waals surface area contributed by atoms with Crippen LogP contribution in [0.1, 0.15) is 29.7 Å². The molecule has 1 aliphatic heterocycles. The van der Waals surface area contributed by atoms with Crippen molar-refractivity contribution in [3.8, 4) is 11.5 Å². The van der Waals surface area contributed by atoms with Crippen molar-refractivity contribution in [1.29, 1.82) is 0 Å². The molecule has 29 heavy (non-hydrogen) atoms. The van der Waals surface area contributed by atoms with Gasteiger partial charge in [0, 0.05) is 16.9 Å². The van der Waals surface area contributed by atoms with E-state index in [0.29, 0.717) is 27.9 Å². The maximum Gasteiger partial charge on any atom is 0.255 e. The van der Waals surface area contributed by atoms with Crippen LogP contribution in [-0.2, 0) is 4.79 Å². The van der Waals surface area contributed by atoms with E-state index in [1.54, 1.807) is 14.2 Å². The molecule has 0 saturated heterocycles. The quantitative estimate of drug-likeness (QED) is 0.651. The van der Waals surface area contributed by atoms with Gasteiger partial charge in [-0.1, -0.05) is 12.1 Å². The van der Waals surface area contributed by atoms with Crippen molar-refractivity contribution >= 4 is 28.9 Å². The number of aryl methyl sites for hydroxylation is 1. The van der Waals surface area contributed by atoms with Crippen LogP contribution in [-0.4, -0.2) is 25.2 Å². The number of carbonyl (C=O) groups is 1. The molecule has 3 N–H and O–H groups in total. The fourth-order valence-corrected chi connectivity index (χ4v) is 3.64. The maximum absolute atomic E-state index is 13.3. The van der Waals surface area contributed by atoms with Crippen LogP contribution < -0.4 is 25.4 Å². The lowest BCUT2D eigenvalue weighted by Crippen LogP contribution is -2.45. The monoisotopic (exact) mass is 411 g/mol. The summed E-state index contributed by atoms with van der Waals surface area (Å²) in [6, 6.07) is 10.8. The zero-order valence-electron chi connectivity index (χ0n) is 17.2. The Balaban J connectivity index is 2.05. The van der Waals surface area contributed by atoms with E-state index in [0.717, 1.165) is 22.4 Å². The minimum atomic E-state index is -0.487. The van der Waals surface area contributed by atoms with Crippen LogP contribution in [0.2, 0.25) is 0 Å². The Kier molecular flexibility index (Phi) is 6.08. The van der Waals surface area contributed by atoms with Crippen LogP contribution in [0.25, 0.3) is 0 Å². The average Bonchev–Trinajstić information content (AvgIpc) is 2.70. The number of hydrogen-bond donors (Lipinski definition) is 3. The number of ether oxygens (including phenoxy) is 2. The highest BCUT2D eigenvalue weighted by molar-refractivity contribution is 7.80. The molecule has 2 aromatic carbocycles. The van der Waals surface area contributed by atoms with Crippen LogP contribution >= 0.6 is 12.2 Å². The van der Waals surface area contributed by atoms with Gasteiger partial charge in [0.2, 0.25) is 0 Å². The third-order valence-corrected chi connectivity index (χ3v) is 5.33. The second-order valence-corrected chi connectivity index (χ2v) is 7.29. The fourth-order valence-electron chi connectivity index (χ4n) is 3.37. The normalized spacial score (nSPS) is 16.0. The van der Waals surface area contributed by atoms with Gasteiger partial charge < -0.3 is 25.4 Å². The van der Waals surface area contributed by atoms with Gasteiger partial charge >= 0.3 is 0 Å². The minimum Gasteiger partial charge on any atom is -0.497 e. The summed E-state index contributed by atoms with van der Waals surface area (Å²) >= 11 is 5.35. The Bertz CT molecular complexity index is 1000. The Labute approximate surface area is 176 Å². The van der Waals surface area contributed by atoms with Crippen molar-refractivity contribution in [3.05, 3.63) is 64.4 Å². The molecule has 3 rings (SSSR count). The molecule has 0 unspecified atom stereocenters. The van der Waals surface area contributed by atoms with E-state index in [9.17, 15) is 4.79 Å². The number of methoxy groups -OCH3 is 2. The zero-order chi connectivity index (χ0) is 21.1. The smallest absolute Gasteiger partial charge is 0.255 e. The summed E-state index contributed by atoms with van der Waals surface area (Å²) in [6.45, 7) is 5.84. The summed E-state index contributed by atoms with van der Waals surface area (Å²) in [5.74, 6) is 1.09. The van der Waals surface area contributed by atoms with Gasteiger partial charge in [-0.2, -0.15) is 0 Å². The summed E-state index contributed by atoms with van der Waals surface area (Å²) < 4.78 is 10.9. The molecule has 1 amide bonds. The zero-order valence-corrected chi connectivity index (χ0v) is 18.0. The lowest BCUT2D eigenvalue weighted by molar-refractivity contribution is -0.113. The number of rotatable bonds is 5. The molecule has 0 aliphatic carbocycles. The number of amides is 1. The summed E-state index contributed by atoms with van der Waals surface area (Å²) in [4.78, 5) is 13.3. The first-order chi connectivity index (χ1) is 13.8. The number of nitrogens with one attached hydrogen (secondary N) is 3. The molecular formula is C22H25N3O3S. The number of benzene rings is 2. The molecule has 0 bridgehead atoms. The molecule has 1 atom stereocenters. The van der Waals surface area contributed by atoms with Crippen molar-refractivity contribution in [2.75, 3.05) is 19.5 Å². The topological polar surface area (TPSA) is 71.6 Å². The Morgan fingerprint density at radius 2 is 1.86 bits per heavy atom. The second-order valence-electron chi connectivity index (χ2n) is 6.88. The summed E-state index contributed by atoms with van der Waals surface area (Å²) in [5, 5.41) is 9.74. The van der Waals surface area contributed by atoms with Gasteiger partial charge in [0.05, 0.1) is 25.8 Å². The Morgan fingerprint density at radius 1 is 1.10 bits per heavy atom. The largest absolute Gasteiger partial charge is 0.497 e. The highest BCUT2D eigenvalue weighted by Gasteiger charge is 2.32. The van der Waals surface area contributed by atoms with Crippen molar-refractivity contribution in [2.45, 2.75) is 26.8 Å². The highest BCUT2D eigenvalue weighted by atomic mass is 32.1. The number of thiocarbonyl (C=S) groups is 1. The second kappa shape index (κ2) is 8.53. The average molecular weight is 412 g/mol. The maximum atomic E-state index is 13.3. The SMILES string of the molecule is COc1ccc(OC)c([C@H]2NC(=S)NC(C)=C2C(=O)Nc2cccc(C)c2C)c1.